The Morgan fingerprint density at radius 1 is 1.04 bits per heavy atom. The summed E-state index contributed by atoms with van der Waals surface area (Å²) < 4.78 is 5.49. The van der Waals surface area contributed by atoms with Crippen molar-refractivity contribution in [3.8, 4) is 5.75 Å². The number of Topliss-reactive ketones (excluding diaryl/α,β-unsaturated/α-hetero) is 1. The minimum Gasteiger partial charge on any atom is -0.492 e. The van der Waals surface area contributed by atoms with Gasteiger partial charge in [-0.25, -0.2) is 0 Å². The lowest BCUT2D eigenvalue weighted by Crippen LogP contribution is -2.33. The molecule has 5 nitrogen and oxygen atoms in total. The molecule has 0 aliphatic heterocycles. The summed E-state index contributed by atoms with van der Waals surface area (Å²) in [4.78, 5) is 23.1. The highest BCUT2D eigenvalue weighted by atomic mass is 16.5. The molecule has 2 rings (SSSR count). The molecule has 0 aliphatic carbocycles. The summed E-state index contributed by atoms with van der Waals surface area (Å²) >= 11 is 0. The van der Waals surface area contributed by atoms with Gasteiger partial charge in [-0.1, -0.05) is 30.3 Å². The monoisotopic (exact) mass is 312 g/mol. The van der Waals surface area contributed by atoms with Crippen molar-refractivity contribution >= 4 is 17.4 Å². The average Bonchev–Trinajstić information content (AvgIpc) is 2.58. The summed E-state index contributed by atoms with van der Waals surface area (Å²) in [6, 6.07) is 16.5. The lowest BCUT2D eigenvalue weighted by molar-refractivity contribution is -0.119. The Labute approximate surface area is 135 Å². The molecule has 0 aromatic heterocycles. The van der Waals surface area contributed by atoms with Gasteiger partial charge in [0.05, 0.1) is 13.1 Å². The third-order valence-electron chi connectivity index (χ3n) is 3.16. The van der Waals surface area contributed by atoms with E-state index in [4.69, 9.17) is 4.74 Å². The van der Waals surface area contributed by atoms with Crippen molar-refractivity contribution in [3.63, 3.8) is 0 Å². The normalized spacial score (nSPS) is 9.96. The highest BCUT2D eigenvalue weighted by Gasteiger charge is 2.03. The van der Waals surface area contributed by atoms with Crippen LogP contribution in [0.3, 0.4) is 0 Å². The topological polar surface area (TPSA) is 67.4 Å². The largest absolute Gasteiger partial charge is 0.492 e. The van der Waals surface area contributed by atoms with Gasteiger partial charge in [-0.05, 0) is 31.2 Å². The Balaban J connectivity index is 1.67. The van der Waals surface area contributed by atoms with Gasteiger partial charge in [0.25, 0.3) is 0 Å². The van der Waals surface area contributed by atoms with Crippen LogP contribution in [0.5, 0.6) is 5.75 Å². The van der Waals surface area contributed by atoms with Crippen molar-refractivity contribution in [2.45, 2.75) is 6.92 Å². The van der Waals surface area contributed by atoms with Gasteiger partial charge in [0, 0.05) is 11.3 Å². The second-order valence-corrected chi connectivity index (χ2v) is 5.00. The summed E-state index contributed by atoms with van der Waals surface area (Å²) in [6.07, 6.45) is 0. The van der Waals surface area contributed by atoms with Crippen LogP contribution in [0.4, 0.5) is 5.69 Å². The quantitative estimate of drug-likeness (QED) is 0.580. The van der Waals surface area contributed by atoms with E-state index < -0.39 is 0 Å². The first-order chi connectivity index (χ1) is 11.1. The van der Waals surface area contributed by atoms with Crippen LogP contribution in [-0.4, -0.2) is 31.4 Å². The molecular weight excluding hydrogens is 292 g/mol. The molecule has 0 spiro atoms. The Morgan fingerprint density at radius 3 is 2.57 bits per heavy atom. The number of rotatable bonds is 8. The Bertz CT molecular complexity index is 656. The first-order valence-electron chi connectivity index (χ1n) is 7.44. The molecule has 0 aliphatic rings. The average molecular weight is 312 g/mol. The molecular formula is C18H20N2O3. The number of amides is 1. The number of hydrogen-bond acceptors (Lipinski definition) is 4. The number of anilines is 1. The summed E-state index contributed by atoms with van der Waals surface area (Å²) in [7, 11) is 0. The summed E-state index contributed by atoms with van der Waals surface area (Å²) in [5, 5.41) is 5.76. The van der Waals surface area contributed by atoms with Crippen molar-refractivity contribution in [3.05, 3.63) is 60.2 Å². The first kappa shape index (κ1) is 16.5. The third-order valence-corrected chi connectivity index (χ3v) is 3.16. The van der Waals surface area contributed by atoms with Gasteiger partial charge >= 0.3 is 0 Å². The molecule has 0 saturated heterocycles. The zero-order valence-corrected chi connectivity index (χ0v) is 13.0. The number of hydrogen-bond donors (Lipinski definition) is 2. The molecule has 0 unspecified atom stereocenters. The van der Waals surface area contributed by atoms with Gasteiger partial charge in [-0.3, -0.25) is 9.59 Å². The number of benzene rings is 2. The van der Waals surface area contributed by atoms with Crippen molar-refractivity contribution in [1.29, 1.82) is 0 Å². The zero-order valence-electron chi connectivity index (χ0n) is 13.0. The molecule has 0 saturated carbocycles. The predicted octanol–water partition coefficient (Wildman–Crippen LogP) is 2.50. The van der Waals surface area contributed by atoms with Crippen LogP contribution >= 0.6 is 0 Å². The maximum Gasteiger partial charge on any atom is 0.239 e. The van der Waals surface area contributed by atoms with Gasteiger partial charge in [0.2, 0.25) is 5.91 Å². The molecule has 0 fully saturated rings. The smallest absolute Gasteiger partial charge is 0.239 e. The van der Waals surface area contributed by atoms with E-state index in [2.05, 4.69) is 10.6 Å². The van der Waals surface area contributed by atoms with Crippen LogP contribution < -0.4 is 15.4 Å². The molecule has 2 aromatic carbocycles. The molecule has 0 atom stereocenters. The molecule has 120 valence electrons. The number of ether oxygens (including phenoxy) is 1. The van der Waals surface area contributed by atoms with Crippen LogP contribution in [0.15, 0.2) is 54.6 Å². The van der Waals surface area contributed by atoms with E-state index >= 15 is 0 Å². The standard InChI is InChI=1S/C18H20N2O3/c1-14(21)15-6-5-7-16(12-15)20-13-18(22)19-10-11-23-17-8-3-2-4-9-17/h2-9,12,20H,10-11,13H2,1H3,(H,19,22). The molecule has 1 amide bonds. The number of carbonyl (C=O) groups excluding carboxylic acids is 2. The molecule has 2 aromatic rings. The van der Waals surface area contributed by atoms with E-state index in [1.807, 2.05) is 36.4 Å². The minimum atomic E-state index is -0.130. The Kier molecular flexibility index (Phi) is 6.17. The van der Waals surface area contributed by atoms with Crippen LogP contribution in [0.2, 0.25) is 0 Å². The van der Waals surface area contributed by atoms with Crippen molar-refractivity contribution in [1.82, 2.24) is 5.32 Å². The van der Waals surface area contributed by atoms with Gasteiger partial charge < -0.3 is 15.4 Å². The zero-order chi connectivity index (χ0) is 16.5. The maximum atomic E-state index is 11.8. The van der Waals surface area contributed by atoms with Crippen LogP contribution in [0, 0.1) is 0 Å². The van der Waals surface area contributed by atoms with Crippen LogP contribution in [-0.2, 0) is 4.79 Å². The summed E-state index contributed by atoms with van der Waals surface area (Å²) in [5.74, 6) is 0.645. The molecule has 5 heteroatoms. The lowest BCUT2D eigenvalue weighted by atomic mass is 10.1. The lowest BCUT2D eigenvalue weighted by Gasteiger charge is -2.09. The van der Waals surface area contributed by atoms with Gasteiger partial charge in [-0.2, -0.15) is 0 Å². The number of carbonyl (C=O) groups is 2. The number of para-hydroxylation sites is 1. The molecule has 0 radical (unpaired) electrons. The molecule has 0 bridgehead atoms. The highest BCUT2D eigenvalue weighted by Crippen LogP contribution is 2.10. The Hall–Kier alpha value is -2.82. The fourth-order valence-electron chi connectivity index (χ4n) is 1.97. The second kappa shape index (κ2) is 8.58. The van der Waals surface area contributed by atoms with E-state index in [9.17, 15) is 9.59 Å². The first-order valence-corrected chi connectivity index (χ1v) is 7.44. The van der Waals surface area contributed by atoms with E-state index in [0.29, 0.717) is 18.7 Å². The van der Waals surface area contributed by atoms with Gasteiger partial charge in [0.1, 0.15) is 12.4 Å². The summed E-state index contributed by atoms with van der Waals surface area (Å²) in [5.41, 5.74) is 1.36. The molecule has 2 N–H and O–H groups in total. The van der Waals surface area contributed by atoms with E-state index in [-0.39, 0.29) is 18.2 Å². The fraction of sp³-hybridized carbons (Fsp3) is 0.222. The van der Waals surface area contributed by atoms with Gasteiger partial charge in [0.15, 0.2) is 5.78 Å². The van der Waals surface area contributed by atoms with E-state index in [1.54, 1.807) is 18.2 Å². The SMILES string of the molecule is CC(=O)c1cccc(NCC(=O)NCCOc2ccccc2)c1. The number of nitrogens with one attached hydrogen (secondary N) is 2. The molecule has 23 heavy (non-hydrogen) atoms. The minimum absolute atomic E-state index is 0.00355. The second-order valence-electron chi connectivity index (χ2n) is 5.00. The molecule has 0 heterocycles. The third kappa shape index (κ3) is 5.82. The van der Waals surface area contributed by atoms with E-state index in [1.165, 1.54) is 6.92 Å². The highest BCUT2D eigenvalue weighted by molar-refractivity contribution is 5.95. The summed E-state index contributed by atoms with van der Waals surface area (Å²) in [6.45, 7) is 2.50. The Morgan fingerprint density at radius 2 is 1.83 bits per heavy atom. The van der Waals surface area contributed by atoms with Crippen LogP contribution in [0.25, 0.3) is 0 Å². The maximum absolute atomic E-state index is 11.8. The number of ketones is 1. The van der Waals surface area contributed by atoms with Gasteiger partial charge in [-0.15, -0.1) is 0 Å². The van der Waals surface area contributed by atoms with Crippen LogP contribution in [0.1, 0.15) is 17.3 Å². The van der Waals surface area contributed by atoms with Crippen molar-refractivity contribution in [2.24, 2.45) is 0 Å². The fourth-order valence-corrected chi connectivity index (χ4v) is 1.97. The van der Waals surface area contributed by atoms with E-state index in [0.717, 1.165) is 11.4 Å². The van der Waals surface area contributed by atoms with Crippen molar-refractivity contribution < 1.29 is 14.3 Å². The predicted molar refractivity (Wildman–Crippen MR) is 89.9 cm³/mol. The van der Waals surface area contributed by atoms with Crippen molar-refractivity contribution in [2.75, 3.05) is 25.0 Å².